The molecule has 1 aliphatic rings. The molecular formula is C23H29N3O3. The van der Waals surface area contributed by atoms with Crippen LogP contribution in [0.2, 0.25) is 0 Å². The lowest BCUT2D eigenvalue weighted by molar-refractivity contribution is -0.166. The fraction of sp³-hybridized carbons (Fsp3) is 0.435. The van der Waals surface area contributed by atoms with E-state index in [0.717, 1.165) is 16.7 Å². The molecule has 0 aliphatic carbocycles. The van der Waals surface area contributed by atoms with E-state index in [0.29, 0.717) is 26.0 Å². The highest BCUT2D eigenvalue weighted by atomic mass is 16.5. The van der Waals surface area contributed by atoms with Crippen LogP contribution >= 0.6 is 0 Å². The average molecular weight is 396 g/mol. The number of hydrogen-bond donors (Lipinski definition) is 1. The van der Waals surface area contributed by atoms with Gasteiger partial charge in [-0.2, -0.15) is 0 Å². The molecule has 2 heterocycles. The molecule has 3 rings (SSSR count). The number of rotatable bonds is 6. The third kappa shape index (κ3) is 4.82. The van der Waals surface area contributed by atoms with Crippen molar-refractivity contribution in [3.63, 3.8) is 0 Å². The maximum atomic E-state index is 13.3. The summed E-state index contributed by atoms with van der Waals surface area (Å²) < 4.78 is 6.13. The molecule has 154 valence electrons. The Balaban J connectivity index is 1.98. The van der Waals surface area contributed by atoms with Crippen LogP contribution in [0.3, 0.4) is 0 Å². The fourth-order valence-corrected chi connectivity index (χ4v) is 3.72. The van der Waals surface area contributed by atoms with Crippen molar-refractivity contribution in [2.45, 2.75) is 45.3 Å². The molecule has 6 nitrogen and oxygen atoms in total. The Morgan fingerprint density at radius 3 is 2.72 bits per heavy atom. The van der Waals surface area contributed by atoms with Gasteiger partial charge in [-0.1, -0.05) is 37.3 Å². The zero-order valence-electron chi connectivity index (χ0n) is 17.4. The number of pyridine rings is 1. The molecule has 1 atom stereocenters. The Kier molecular flexibility index (Phi) is 6.64. The molecule has 1 aliphatic heterocycles. The highest BCUT2D eigenvalue weighted by molar-refractivity contribution is 5.88. The summed E-state index contributed by atoms with van der Waals surface area (Å²) in [5.74, 6) is -0.141. The van der Waals surface area contributed by atoms with E-state index < -0.39 is 5.60 Å². The quantitative estimate of drug-likeness (QED) is 0.816. The van der Waals surface area contributed by atoms with E-state index in [1.54, 1.807) is 11.1 Å². The standard InChI is InChI=1S/C23H29N3O3/c1-4-21(27)26-12-13-29-23(16-26,22(28)25-17(2)3)14-18-8-5-6-10-20(18)19-9-7-11-24-15-19/h5-11,15,17H,4,12-14,16H2,1-3H3,(H,25,28)/t23-/m1/s1. The van der Waals surface area contributed by atoms with Gasteiger partial charge < -0.3 is 15.0 Å². The van der Waals surface area contributed by atoms with Crippen molar-refractivity contribution in [1.82, 2.24) is 15.2 Å². The number of carbonyl (C=O) groups is 2. The molecule has 0 spiro atoms. The molecule has 0 bridgehead atoms. The van der Waals surface area contributed by atoms with E-state index in [1.807, 2.05) is 63.4 Å². The number of benzene rings is 1. The second-order valence-electron chi connectivity index (χ2n) is 7.72. The van der Waals surface area contributed by atoms with Gasteiger partial charge in [-0.3, -0.25) is 14.6 Å². The molecule has 2 amide bonds. The summed E-state index contributed by atoms with van der Waals surface area (Å²) in [6, 6.07) is 11.8. The number of amides is 2. The zero-order chi connectivity index (χ0) is 20.9. The Bertz CT molecular complexity index is 853. The largest absolute Gasteiger partial charge is 0.361 e. The third-order valence-corrected chi connectivity index (χ3v) is 5.14. The first-order valence-corrected chi connectivity index (χ1v) is 10.2. The Hall–Kier alpha value is -2.73. The minimum Gasteiger partial charge on any atom is -0.361 e. The molecule has 6 heteroatoms. The van der Waals surface area contributed by atoms with E-state index in [4.69, 9.17) is 4.74 Å². The lowest BCUT2D eigenvalue weighted by Gasteiger charge is -2.42. The molecule has 0 radical (unpaired) electrons. The predicted octanol–water partition coefficient (Wildman–Crippen LogP) is 2.82. The minimum atomic E-state index is -1.12. The van der Waals surface area contributed by atoms with Gasteiger partial charge in [0, 0.05) is 43.4 Å². The molecule has 1 N–H and O–H groups in total. The monoisotopic (exact) mass is 395 g/mol. The van der Waals surface area contributed by atoms with Crippen LogP contribution in [-0.4, -0.2) is 53.0 Å². The first-order chi connectivity index (χ1) is 13.9. The smallest absolute Gasteiger partial charge is 0.254 e. The second kappa shape index (κ2) is 9.18. The molecule has 0 saturated carbocycles. The highest BCUT2D eigenvalue weighted by Crippen LogP contribution is 2.30. The van der Waals surface area contributed by atoms with Crippen molar-refractivity contribution >= 4 is 11.8 Å². The van der Waals surface area contributed by atoms with Gasteiger partial charge in [-0.15, -0.1) is 0 Å². The van der Waals surface area contributed by atoms with Crippen molar-refractivity contribution in [3.05, 3.63) is 54.4 Å². The van der Waals surface area contributed by atoms with Crippen molar-refractivity contribution in [1.29, 1.82) is 0 Å². The maximum Gasteiger partial charge on any atom is 0.254 e. The SMILES string of the molecule is CCC(=O)N1CCO[C@@](Cc2ccccc2-c2cccnc2)(C(=O)NC(C)C)C1. The number of ether oxygens (including phenoxy) is 1. The van der Waals surface area contributed by atoms with Gasteiger partial charge in [-0.05, 0) is 31.0 Å². The van der Waals surface area contributed by atoms with Crippen molar-refractivity contribution in [2.24, 2.45) is 0 Å². The van der Waals surface area contributed by atoms with Crippen LogP contribution in [-0.2, 0) is 20.7 Å². The third-order valence-electron chi connectivity index (χ3n) is 5.14. The number of carbonyl (C=O) groups excluding carboxylic acids is 2. The van der Waals surface area contributed by atoms with E-state index in [1.165, 1.54) is 0 Å². The summed E-state index contributed by atoms with van der Waals surface area (Å²) in [6.07, 6.45) is 4.34. The molecule has 0 unspecified atom stereocenters. The Morgan fingerprint density at radius 1 is 1.24 bits per heavy atom. The predicted molar refractivity (Wildman–Crippen MR) is 112 cm³/mol. The molecule has 1 aromatic carbocycles. The van der Waals surface area contributed by atoms with Gasteiger partial charge in [0.1, 0.15) is 0 Å². The number of morpholine rings is 1. The van der Waals surface area contributed by atoms with Crippen LogP contribution in [0, 0.1) is 0 Å². The summed E-state index contributed by atoms with van der Waals surface area (Å²) in [4.78, 5) is 31.6. The van der Waals surface area contributed by atoms with Crippen LogP contribution in [0.25, 0.3) is 11.1 Å². The molecule has 2 aromatic rings. The lowest BCUT2D eigenvalue weighted by Crippen LogP contribution is -2.62. The lowest BCUT2D eigenvalue weighted by atomic mass is 9.87. The topological polar surface area (TPSA) is 71.5 Å². The summed E-state index contributed by atoms with van der Waals surface area (Å²) in [7, 11) is 0. The van der Waals surface area contributed by atoms with Gasteiger partial charge in [-0.25, -0.2) is 0 Å². The van der Waals surface area contributed by atoms with Gasteiger partial charge in [0.15, 0.2) is 5.60 Å². The zero-order valence-corrected chi connectivity index (χ0v) is 17.4. The number of aromatic nitrogens is 1. The van der Waals surface area contributed by atoms with Crippen LogP contribution in [0.5, 0.6) is 0 Å². The average Bonchev–Trinajstić information content (AvgIpc) is 2.74. The Labute approximate surface area is 172 Å². The van der Waals surface area contributed by atoms with Crippen molar-refractivity contribution in [3.8, 4) is 11.1 Å². The first-order valence-electron chi connectivity index (χ1n) is 10.2. The van der Waals surface area contributed by atoms with E-state index in [-0.39, 0.29) is 24.4 Å². The van der Waals surface area contributed by atoms with Crippen molar-refractivity contribution in [2.75, 3.05) is 19.7 Å². The van der Waals surface area contributed by atoms with Crippen LogP contribution in [0.15, 0.2) is 48.8 Å². The first kappa shape index (κ1) is 21.0. The maximum absolute atomic E-state index is 13.3. The molecule has 1 saturated heterocycles. The van der Waals surface area contributed by atoms with E-state index in [9.17, 15) is 9.59 Å². The number of nitrogens with one attached hydrogen (secondary N) is 1. The highest BCUT2D eigenvalue weighted by Gasteiger charge is 2.45. The van der Waals surface area contributed by atoms with Crippen LogP contribution in [0.4, 0.5) is 0 Å². The summed E-state index contributed by atoms with van der Waals surface area (Å²) in [5, 5.41) is 3.00. The minimum absolute atomic E-state index is 0.0196. The molecular weight excluding hydrogens is 366 g/mol. The number of hydrogen-bond acceptors (Lipinski definition) is 4. The summed E-state index contributed by atoms with van der Waals surface area (Å²) in [6.45, 7) is 6.78. The number of nitrogens with zero attached hydrogens (tertiary/aromatic N) is 2. The van der Waals surface area contributed by atoms with Gasteiger partial charge in [0.25, 0.3) is 5.91 Å². The van der Waals surface area contributed by atoms with Gasteiger partial charge in [0.2, 0.25) is 5.91 Å². The summed E-state index contributed by atoms with van der Waals surface area (Å²) in [5.41, 5.74) is 1.87. The van der Waals surface area contributed by atoms with E-state index >= 15 is 0 Å². The van der Waals surface area contributed by atoms with Crippen LogP contribution < -0.4 is 5.32 Å². The molecule has 29 heavy (non-hydrogen) atoms. The molecule has 1 fully saturated rings. The van der Waals surface area contributed by atoms with Gasteiger partial charge >= 0.3 is 0 Å². The normalized spacial score (nSPS) is 19.2. The molecule has 1 aromatic heterocycles. The fourth-order valence-electron chi connectivity index (χ4n) is 3.72. The van der Waals surface area contributed by atoms with Crippen molar-refractivity contribution < 1.29 is 14.3 Å². The summed E-state index contributed by atoms with van der Waals surface area (Å²) >= 11 is 0. The second-order valence-corrected chi connectivity index (χ2v) is 7.72. The van der Waals surface area contributed by atoms with Crippen LogP contribution in [0.1, 0.15) is 32.8 Å². The Morgan fingerprint density at radius 2 is 2.03 bits per heavy atom. The van der Waals surface area contributed by atoms with E-state index in [2.05, 4.69) is 10.3 Å². The van der Waals surface area contributed by atoms with Gasteiger partial charge in [0.05, 0.1) is 13.2 Å².